The molecule has 0 aliphatic rings. The van der Waals surface area contributed by atoms with Crippen LogP contribution in [0.1, 0.15) is 17.1 Å². The second kappa shape index (κ2) is 8.23. The maximum Gasteiger partial charge on any atom is 0.325 e. The number of rotatable bonds is 6. The number of carbonyl (C=O) groups excluding carboxylic acids is 1. The zero-order valence-electron chi connectivity index (χ0n) is 14.0. The number of aromatic amines is 2. The van der Waals surface area contributed by atoms with Crippen LogP contribution in [-0.2, 0) is 11.2 Å². The van der Waals surface area contributed by atoms with Crippen LogP contribution in [0.5, 0.6) is 0 Å². The highest BCUT2D eigenvalue weighted by Gasteiger charge is 2.14. The molecule has 0 saturated carbocycles. The summed E-state index contributed by atoms with van der Waals surface area (Å²) in [5.74, 6) is 0.0361. The Kier molecular flexibility index (Phi) is 5.77. The number of hydrogen-bond acceptors (Lipinski definition) is 7. The lowest BCUT2D eigenvalue weighted by Crippen LogP contribution is -2.27. The maximum absolute atomic E-state index is 12.0. The maximum atomic E-state index is 12.0. The van der Waals surface area contributed by atoms with E-state index in [-0.39, 0.29) is 29.2 Å². The van der Waals surface area contributed by atoms with Gasteiger partial charge in [0.25, 0.3) is 10.8 Å². The van der Waals surface area contributed by atoms with Gasteiger partial charge in [0.05, 0.1) is 12.2 Å². The number of anilines is 1. The summed E-state index contributed by atoms with van der Waals surface area (Å²) in [7, 11) is 0. The van der Waals surface area contributed by atoms with Crippen LogP contribution in [0.25, 0.3) is 0 Å². The van der Waals surface area contributed by atoms with Gasteiger partial charge in [-0.2, -0.15) is 0 Å². The van der Waals surface area contributed by atoms with Crippen LogP contribution in [0.3, 0.4) is 0 Å². The molecule has 0 spiro atoms. The lowest BCUT2D eigenvalue weighted by atomic mass is 10.2. The standard InChI is InChI=1S/C16H14ClN5O4S/c1-8-11(14(24)20-15(25)18-8)6-13-21-22-16(26-13)27-7-12(23)19-10-4-2-9(17)3-5-10/h2-5H,6-7H2,1H3,(H,19,23)(H2,18,20,24,25). The van der Waals surface area contributed by atoms with Crippen LogP contribution in [0, 0.1) is 6.92 Å². The number of hydrogen-bond donors (Lipinski definition) is 3. The number of benzene rings is 1. The van der Waals surface area contributed by atoms with E-state index in [1.807, 2.05) is 0 Å². The van der Waals surface area contributed by atoms with E-state index in [0.717, 1.165) is 11.8 Å². The molecule has 0 aliphatic carbocycles. The van der Waals surface area contributed by atoms with E-state index in [9.17, 15) is 14.4 Å². The van der Waals surface area contributed by atoms with Crippen molar-refractivity contribution < 1.29 is 9.21 Å². The van der Waals surface area contributed by atoms with Crippen LogP contribution >= 0.6 is 23.4 Å². The van der Waals surface area contributed by atoms with Gasteiger partial charge in [-0.05, 0) is 31.2 Å². The minimum absolute atomic E-state index is 0.0719. The molecule has 9 nitrogen and oxygen atoms in total. The normalized spacial score (nSPS) is 10.7. The third-order valence-electron chi connectivity index (χ3n) is 3.49. The molecule has 2 aromatic heterocycles. The predicted octanol–water partition coefficient (Wildman–Crippen LogP) is 1.73. The minimum atomic E-state index is -0.574. The Balaban J connectivity index is 1.58. The summed E-state index contributed by atoms with van der Waals surface area (Å²) >= 11 is 6.86. The fraction of sp³-hybridized carbons (Fsp3) is 0.188. The molecule has 0 saturated heterocycles. The fourth-order valence-corrected chi connectivity index (χ4v) is 2.92. The first-order chi connectivity index (χ1) is 12.9. The molecule has 0 aliphatic heterocycles. The summed E-state index contributed by atoms with van der Waals surface area (Å²) in [6.07, 6.45) is 0.0719. The summed E-state index contributed by atoms with van der Waals surface area (Å²) in [6.45, 7) is 1.61. The summed E-state index contributed by atoms with van der Waals surface area (Å²) in [4.78, 5) is 39.7. The SMILES string of the molecule is Cc1[nH]c(=O)[nH]c(=O)c1Cc1nnc(SCC(=O)Nc2ccc(Cl)cc2)o1. The van der Waals surface area contributed by atoms with Crippen LogP contribution in [-0.4, -0.2) is 31.8 Å². The van der Waals surface area contributed by atoms with Gasteiger partial charge in [-0.15, -0.1) is 10.2 Å². The molecule has 140 valence electrons. The first-order valence-electron chi connectivity index (χ1n) is 7.73. The summed E-state index contributed by atoms with van der Waals surface area (Å²) in [6, 6.07) is 6.74. The van der Waals surface area contributed by atoms with Crippen LogP contribution < -0.4 is 16.6 Å². The molecule has 27 heavy (non-hydrogen) atoms. The van der Waals surface area contributed by atoms with Crippen molar-refractivity contribution in [1.29, 1.82) is 0 Å². The molecule has 11 heteroatoms. The van der Waals surface area contributed by atoms with E-state index in [2.05, 4.69) is 25.5 Å². The monoisotopic (exact) mass is 407 g/mol. The van der Waals surface area contributed by atoms with Crippen molar-refractivity contribution in [1.82, 2.24) is 20.2 Å². The molecule has 3 rings (SSSR count). The molecule has 1 aromatic carbocycles. The van der Waals surface area contributed by atoms with Crippen molar-refractivity contribution in [3.05, 3.63) is 67.3 Å². The highest BCUT2D eigenvalue weighted by atomic mass is 35.5. The Bertz CT molecular complexity index is 1070. The smallest absolute Gasteiger partial charge is 0.325 e. The first-order valence-corrected chi connectivity index (χ1v) is 9.10. The number of aryl methyl sites for hydroxylation is 1. The van der Waals surface area contributed by atoms with E-state index in [1.54, 1.807) is 31.2 Å². The molecule has 2 heterocycles. The average Bonchev–Trinajstić information content (AvgIpc) is 3.06. The van der Waals surface area contributed by atoms with Gasteiger partial charge >= 0.3 is 5.69 Å². The largest absolute Gasteiger partial charge is 0.416 e. The molecular weight excluding hydrogens is 394 g/mol. The van der Waals surface area contributed by atoms with E-state index < -0.39 is 11.2 Å². The number of amides is 1. The number of nitrogens with zero attached hydrogens (tertiary/aromatic N) is 2. The molecule has 1 amide bonds. The quantitative estimate of drug-likeness (QED) is 0.529. The average molecular weight is 408 g/mol. The second-order valence-corrected chi connectivity index (χ2v) is 6.86. The lowest BCUT2D eigenvalue weighted by Gasteiger charge is -2.03. The van der Waals surface area contributed by atoms with Crippen LogP contribution in [0.4, 0.5) is 5.69 Å². The van der Waals surface area contributed by atoms with Gasteiger partial charge in [0, 0.05) is 22.0 Å². The Morgan fingerprint density at radius 1 is 1.22 bits per heavy atom. The molecule has 0 atom stereocenters. The van der Waals surface area contributed by atoms with Gasteiger partial charge in [-0.1, -0.05) is 23.4 Å². The first kappa shape index (κ1) is 18.9. The van der Waals surface area contributed by atoms with Crippen LogP contribution in [0.2, 0.25) is 5.02 Å². The van der Waals surface area contributed by atoms with Crippen molar-refractivity contribution in [2.45, 2.75) is 18.6 Å². The van der Waals surface area contributed by atoms with Gasteiger partial charge in [0.2, 0.25) is 11.8 Å². The number of aromatic nitrogens is 4. The highest BCUT2D eigenvalue weighted by molar-refractivity contribution is 7.99. The van der Waals surface area contributed by atoms with Crippen molar-refractivity contribution in [3.63, 3.8) is 0 Å². The van der Waals surface area contributed by atoms with Crippen LogP contribution in [0.15, 0.2) is 43.5 Å². The third-order valence-corrected chi connectivity index (χ3v) is 4.56. The predicted molar refractivity (Wildman–Crippen MR) is 100 cm³/mol. The Labute approximate surface area is 161 Å². The fourth-order valence-electron chi connectivity index (χ4n) is 2.22. The van der Waals surface area contributed by atoms with Gasteiger partial charge in [-0.25, -0.2) is 4.79 Å². The molecule has 0 bridgehead atoms. The third kappa shape index (κ3) is 5.08. The van der Waals surface area contributed by atoms with E-state index in [0.29, 0.717) is 22.0 Å². The minimum Gasteiger partial charge on any atom is -0.416 e. The van der Waals surface area contributed by atoms with Crippen molar-refractivity contribution >= 4 is 35.0 Å². The number of halogens is 1. The Morgan fingerprint density at radius 2 is 1.96 bits per heavy atom. The number of nitrogens with one attached hydrogen (secondary N) is 3. The molecular formula is C16H14ClN5O4S. The summed E-state index contributed by atoms with van der Waals surface area (Å²) in [5, 5.41) is 11.2. The molecule has 0 unspecified atom stereocenters. The van der Waals surface area contributed by atoms with E-state index in [4.69, 9.17) is 16.0 Å². The zero-order chi connectivity index (χ0) is 19.4. The molecule has 0 fully saturated rings. The van der Waals surface area contributed by atoms with Crippen molar-refractivity contribution in [2.24, 2.45) is 0 Å². The topological polar surface area (TPSA) is 134 Å². The van der Waals surface area contributed by atoms with Gasteiger partial charge in [-0.3, -0.25) is 14.6 Å². The summed E-state index contributed by atoms with van der Waals surface area (Å²) in [5.41, 5.74) is 0.304. The van der Waals surface area contributed by atoms with Crippen molar-refractivity contribution in [2.75, 3.05) is 11.1 Å². The summed E-state index contributed by atoms with van der Waals surface area (Å²) < 4.78 is 5.44. The van der Waals surface area contributed by atoms with E-state index in [1.165, 1.54) is 0 Å². The van der Waals surface area contributed by atoms with Gasteiger partial charge < -0.3 is 14.7 Å². The van der Waals surface area contributed by atoms with Gasteiger partial charge in [0.1, 0.15) is 0 Å². The zero-order valence-corrected chi connectivity index (χ0v) is 15.6. The Morgan fingerprint density at radius 3 is 2.67 bits per heavy atom. The molecule has 3 N–H and O–H groups in total. The Hall–Kier alpha value is -2.85. The van der Waals surface area contributed by atoms with E-state index >= 15 is 0 Å². The number of H-pyrrole nitrogens is 2. The second-order valence-electron chi connectivity index (χ2n) is 5.49. The number of thioether (sulfide) groups is 1. The van der Waals surface area contributed by atoms with Gasteiger partial charge in [0.15, 0.2) is 0 Å². The lowest BCUT2D eigenvalue weighted by molar-refractivity contribution is -0.113. The van der Waals surface area contributed by atoms with Crippen molar-refractivity contribution in [3.8, 4) is 0 Å². The molecule has 0 radical (unpaired) electrons. The number of carbonyl (C=O) groups is 1. The highest BCUT2D eigenvalue weighted by Crippen LogP contribution is 2.18. The molecule has 3 aromatic rings.